The number of benzene rings is 1. The second kappa shape index (κ2) is 10.1. The maximum atomic E-state index is 13.1. The minimum absolute atomic E-state index is 0.0542. The van der Waals surface area contributed by atoms with Gasteiger partial charge in [-0.15, -0.1) is 0 Å². The normalized spacial score (nSPS) is 14.6. The Balaban J connectivity index is 1.85. The quantitative estimate of drug-likeness (QED) is 0.617. The summed E-state index contributed by atoms with van der Waals surface area (Å²) < 4.78 is 42.9. The van der Waals surface area contributed by atoms with Gasteiger partial charge in [0.05, 0.1) is 38.2 Å². The molecule has 0 spiro atoms. The number of nitrogens with one attached hydrogen (secondary N) is 1. The number of ether oxygens (including phenoxy) is 3. The van der Waals surface area contributed by atoms with Gasteiger partial charge in [-0.3, -0.25) is 4.79 Å². The highest BCUT2D eigenvalue weighted by atomic mass is 32.2. The van der Waals surface area contributed by atoms with Crippen LogP contribution in [0.5, 0.6) is 5.75 Å². The third-order valence-electron chi connectivity index (χ3n) is 4.82. The zero-order chi connectivity index (χ0) is 23.3. The first-order valence-electron chi connectivity index (χ1n) is 10.00. The molecule has 0 aliphatic carbocycles. The fourth-order valence-electron chi connectivity index (χ4n) is 3.19. The van der Waals surface area contributed by atoms with Gasteiger partial charge < -0.3 is 19.5 Å². The summed E-state index contributed by atoms with van der Waals surface area (Å²) in [5.74, 6) is -0.900. The predicted molar refractivity (Wildman–Crippen MR) is 115 cm³/mol. The molecular weight excluding hydrogens is 438 g/mol. The fraction of sp³-hybridized carbons (Fsp3) is 0.381. The first-order valence-corrected chi connectivity index (χ1v) is 11.4. The molecule has 11 heteroatoms. The van der Waals surface area contributed by atoms with Crippen molar-refractivity contribution in [3.8, 4) is 5.75 Å². The average Bonchev–Trinajstić information content (AvgIpc) is 2.79. The van der Waals surface area contributed by atoms with Crippen molar-refractivity contribution in [2.24, 2.45) is 0 Å². The number of carbonyl (C=O) groups excluding carboxylic acids is 2. The number of rotatable bonds is 7. The van der Waals surface area contributed by atoms with Crippen LogP contribution >= 0.6 is 0 Å². The highest BCUT2D eigenvalue weighted by Crippen LogP contribution is 2.30. The van der Waals surface area contributed by atoms with Gasteiger partial charge in [0.15, 0.2) is 0 Å². The number of anilines is 1. The molecule has 2 heterocycles. The number of nitrogens with zero attached hydrogens (tertiary/aromatic N) is 2. The molecule has 0 bridgehead atoms. The summed E-state index contributed by atoms with van der Waals surface area (Å²) >= 11 is 0. The van der Waals surface area contributed by atoms with Crippen molar-refractivity contribution in [2.75, 3.05) is 45.3 Å². The van der Waals surface area contributed by atoms with Gasteiger partial charge in [-0.2, -0.15) is 4.31 Å². The molecule has 1 N–H and O–H groups in total. The number of aryl methyl sites for hydroxylation is 1. The number of carbonyl (C=O) groups is 2. The Kier molecular flexibility index (Phi) is 7.44. The molecule has 1 fully saturated rings. The van der Waals surface area contributed by atoms with Gasteiger partial charge in [-0.1, -0.05) is 0 Å². The molecule has 1 amide bonds. The minimum Gasteiger partial charge on any atom is -0.495 e. The van der Waals surface area contributed by atoms with Gasteiger partial charge in [0.25, 0.3) is 5.91 Å². The number of amides is 1. The Bertz CT molecular complexity index is 1110. The third kappa shape index (κ3) is 5.06. The van der Waals surface area contributed by atoms with E-state index < -0.39 is 21.9 Å². The van der Waals surface area contributed by atoms with Crippen molar-refractivity contribution >= 4 is 27.6 Å². The number of hydrogen-bond donors (Lipinski definition) is 1. The summed E-state index contributed by atoms with van der Waals surface area (Å²) in [5.41, 5.74) is 0.952. The molecule has 172 valence electrons. The van der Waals surface area contributed by atoms with Crippen molar-refractivity contribution in [1.82, 2.24) is 9.29 Å². The molecular formula is C21H25N3O7S. The molecule has 1 aliphatic rings. The van der Waals surface area contributed by atoms with E-state index in [-0.39, 0.29) is 47.3 Å². The number of hydrogen-bond acceptors (Lipinski definition) is 8. The molecule has 3 rings (SSSR count). The van der Waals surface area contributed by atoms with Crippen LogP contribution in [0.25, 0.3) is 0 Å². The minimum atomic E-state index is -3.85. The average molecular weight is 464 g/mol. The van der Waals surface area contributed by atoms with Gasteiger partial charge in [-0.05, 0) is 44.2 Å². The van der Waals surface area contributed by atoms with Crippen LogP contribution in [0.1, 0.15) is 33.5 Å². The first-order chi connectivity index (χ1) is 15.3. The number of sulfonamides is 1. The molecule has 1 aromatic heterocycles. The lowest BCUT2D eigenvalue weighted by atomic mass is 10.2. The van der Waals surface area contributed by atoms with E-state index in [1.54, 1.807) is 13.8 Å². The molecule has 0 atom stereocenters. The van der Waals surface area contributed by atoms with E-state index in [0.717, 1.165) is 0 Å². The lowest BCUT2D eigenvalue weighted by Gasteiger charge is -2.26. The Morgan fingerprint density at radius 3 is 2.53 bits per heavy atom. The largest absolute Gasteiger partial charge is 0.495 e. The second-order valence-corrected chi connectivity index (χ2v) is 8.79. The zero-order valence-corrected chi connectivity index (χ0v) is 18.9. The van der Waals surface area contributed by atoms with E-state index in [0.29, 0.717) is 18.9 Å². The van der Waals surface area contributed by atoms with Crippen LogP contribution in [0.4, 0.5) is 5.69 Å². The molecule has 1 saturated heterocycles. The molecule has 32 heavy (non-hydrogen) atoms. The van der Waals surface area contributed by atoms with Gasteiger partial charge in [0.1, 0.15) is 16.3 Å². The highest BCUT2D eigenvalue weighted by Gasteiger charge is 2.29. The topological polar surface area (TPSA) is 124 Å². The first kappa shape index (κ1) is 23.6. The Morgan fingerprint density at radius 1 is 1.19 bits per heavy atom. The van der Waals surface area contributed by atoms with Crippen LogP contribution in [0.15, 0.2) is 35.2 Å². The van der Waals surface area contributed by atoms with Gasteiger partial charge in [0, 0.05) is 18.8 Å². The lowest BCUT2D eigenvalue weighted by molar-refractivity contribution is 0.0524. The summed E-state index contributed by atoms with van der Waals surface area (Å²) in [6, 6.07) is 7.24. The van der Waals surface area contributed by atoms with E-state index in [2.05, 4.69) is 10.3 Å². The maximum Gasteiger partial charge on any atom is 0.339 e. The van der Waals surface area contributed by atoms with Crippen LogP contribution in [0.2, 0.25) is 0 Å². The van der Waals surface area contributed by atoms with Crippen LogP contribution in [0, 0.1) is 6.92 Å². The monoisotopic (exact) mass is 463 g/mol. The lowest BCUT2D eigenvalue weighted by Crippen LogP contribution is -2.40. The number of esters is 1. The Hall–Kier alpha value is -3.02. The molecule has 0 saturated carbocycles. The fourth-order valence-corrected chi connectivity index (χ4v) is 4.78. The summed E-state index contributed by atoms with van der Waals surface area (Å²) in [5, 5.41) is 2.65. The molecule has 0 unspecified atom stereocenters. The Morgan fingerprint density at radius 2 is 1.91 bits per heavy atom. The van der Waals surface area contributed by atoms with Crippen LogP contribution < -0.4 is 10.1 Å². The van der Waals surface area contributed by atoms with Crippen molar-refractivity contribution < 1.29 is 32.2 Å². The van der Waals surface area contributed by atoms with Crippen molar-refractivity contribution in [3.63, 3.8) is 0 Å². The standard InChI is InChI=1S/C21H25N3O7S/c1-4-31-21(26)16-6-7-17(22-14(16)2)20(25)23-15-5-8-18(29-3)19(13-15)32(27,28)24-9-11-30-12-10-24/h5-8,13H,4,9-12H2,1-3H3,(H,23,25). The van der Waals surface area contributed by atoms with E-state index in [1.165, 1.54) is 41.7 Å². The molecule has 0 radical (unpaired) electrons. The second-order valence-electron chi connectivity index (χ2n) is 6.89. The number of methoxy groups -OCH3 is 1. The summed E-state index contributed by atoms with van der Waals surface area (Å²) in [6.07, 6.45) is 0. The number of aromatic nitrogens is 1. The van der Waals surface area contributed by atoms with Gasteiger partial charge in [0.2, 0.25) is 10.0 Å². The summed E-state index contributed by atoms with van der Waals surface area (Å²) in [6.45, 7) is 4.62. The van der Waals surface area contributed by atoms with Crippen LogP contribution in [0.3, 0.4) is 0 Å². The molecule has 1 aliphatic heterocycles. The van der Waals surface area contributed by atoms with Gasteiger partial charge in [-0.25, -0.2) is 18.2 Å². The molecule has 10 nitrogen and oxygen atoms in total. The van der Waals surface area contributed by atoms with Crippen molar-refractivity contribution in [1.29, 1.82) is 0 Å². The van der Waals surface area contributed by atoms with Crippen LogP contribution in [-0.2, 0) is 19.5 Å². The van der Waals surface area contributed by atoms with Gasteiger partial charge >= 0.3 is 5.97 Å². The van der Waals surface area contributed by atoms with Crippen molar-refractivity contribution in [2.45, 2.75) is 18.7 Å². The van der Waals surface area contributed by atoms with E-state index >= 15 is 0 Å². The zero-order valence-electron chi connectivity index (χ0n) is 18.1. The maximum absolute atomic E-state index is 13.1. The van der Waals surface area contributed by atoms with E-state index in [1.807, 2.05) is 0 Å². The highest BCUT2D eigenvalue weighted by molar-refractivity contribution is 7.89. The summed E-state index contributed by atoms with van der Waals surface area (Å²) in [7, 11) is -2.47. The molecule has 2 aromatic rings. The Labute approximate surface area is 186 Å². The SMILES string of the molecule is CCOC(=O)c1ccc(C(=O)Nc2ccc(OC)c(S(=O)(=O)N3CCOCC3)c2)nc1C. The predicted octanol–water partition coefficient (Wildman–Crippen LogP) is 1.85. The third-order valence-corrected chi connectivity index (χ3v) is 6.74. The number of morpholine rings is 1. The van der Waals surface area contributed by atoms with Crippen LogP contribution in [-0.4, -0.2) is 69.6 Å². The van der Waals surface area contributed by atoms with Crippen molar-refractivity contribution in [3.05, 3.63) is 47.3 Å². The number of pyridine rings is 1. The summed E-state index contributed by atoms with van der Waals surface area (Å²) in [4.78, 5) is 28.7. The molecule has 1 aromatic carbocycles. The van der Waals surface area contributed by atoms with E-state index in [9.17, 15) is 18.0 Å². The smallest absolute Gasteiger partial charge is 0.339 e. The van der Waals surface area contributed by atoms with E-state index in [4.69, 9.17) is 14.2 Å².